The van der Waals surface area contributed by atoms with Crippen LogP contribution in [-0.4, -0.2) is 23.2 Å². The molecule has 2 aromatic rings. The molecular weight excluding hydrogens is 440 g/mol. The molecule has 0 saturated heterocycles. The van der Waals surface area contributed by atoms with Crippen molar-refractivity contribution in [2.45, 2.75) is 25.2 Å². The number of Topliss-reactive ketones (excluding diaryl/α,β-unsaturated/α-hetero) is 1. The van der Waals surface area contributed by atoms with Gasteiger partial charge in [-0.3, -0.25) is 19.7 Å². The smallest absolute Gasteiger partial charge is 0.271 e. The average molecular weight is 460 g/mol. The first-order chi connectivity index (χ1) is 16.4. The van der Waals surface area contributed by atoms with E-state index in [1.54, 1.807) is 24.3 Å². The highest BCUT2D eigenvalue weighted by molar-refractivity contribution is 5.99. The molecular formula is C24H20N4O6. The van der Waals surface area contributed by atoms with Crippen LogP contribution in [-0.2, 0) is 14.3 Å². The van der Waals surface area contributed by atoms with Crippen molar-refractivity contribution in [1.29, 1.82) is 5.26 Å². The molecule has 10 nitrogen and oxygen atoms in total. The van der Waals surface area contributed by atoms with Crippen molar-refractivity contribution < 1.29 is 24.0 Å². The topological polar surface area (TPSA) is 158 Å². The number of allylic oxidation sites excluding steroid dienone is 3. The van der Waals surface area contributed by atoms with E-state index in [4.69, 9.17) is 15.2 Å². The Kier molecular flexibility index (Phi) is 6.27. The number of hydrogen-bond donors (Lipinski definition) is 2. The standard InChI is InChI=1S/C24H20N4O6/c25-12-18-22(23-19(29)5-2-6-20(23)34-24(18)26)14-7-9-17(10-8-14)33-13-21(30)27-15-3-1-4-16(11-15)28(31)32/h1,3-4,7-11,22H,2,5-6,13,26H2,(H,27,30)/t22-/m0/s1. The van der Waals surface area contributed by atoms with Crippen LogP contribution in [0.25, 0.3) is 0 Å². The van der Waals surface area contributed by atoms with Crippen LogP contribution in [0.3, 0.4) is 0 Å². The SMILES string of the molecule is N#CC1=C(N)OC2=C(C(=O)CCC2)[C@H]1c1ccc(OCC(=O)Nc2cccc([N+](=O)[O-])c2)cc1. The van der Waals surface area contributed by atoms with Crippen LogP contribution in [0.5, 0.6) is 5.75 Å². The molecule has 0 fully saturated rings. The zero-order chi connectivity index (χ0) is 24.2. The second-order valence-corrected chi connectivity index (χ2v) is 7.75. The number of hydrogen-bond acceptors (Lipinski definition) is 8. The number of benzene rings is 2. The number of carbonyl (C=O) groups is 2. The minimum absolute atomic E-state index is 0.000837. The summed E-state index contributed by atoms with van der Waals surface area (Å²) in [6.45, 7) is -0.316. The van der Waals surface area contributed by atoms with Crippen LogP contribution in [0, 0.1) is 21.4 Å². The maximum Gasteiger partial charge on any atom is 0.271 e. The van der Waals surface area contributed by atoms with Crippen molar-refractivity contribution >= 4 is 23.1 Å². The molecule has 1 atom stereocenters. The summed E-state index contributed by atoms with van der Waals surface area (Å²) in [6.07, 6.45) is 1.64. The van der Waals surface area contributed by atoms with E-state index in [1.165, 1.54) is 24.3 Å². The van der Waals surface area contributed by atoms with Crippen LogP contribution >= 0.6 is 0 Å². The zero-order valence-electron chi connectivity index (χ0n) is 17.9. The average Bonchev–Trinajstić information content (AvgIpc) is 2.82. The molecule has 4 rings (SSSR count). The number of nitrogens with one attached hydrogen (secondary N) is 1. The van der Waals surface area contributed by atoms with E-state index in [0.717, 1.165) is 0 Å². The van der Waals surface area contributed by atoms with E-state index in [-0.39, 0.29) is 35.2 Å². The summed E-state index contributed by atoms with van der Waals surface area (Å²) in [5, 5.41) is 23.0. The summed E-state index contributed by atoms with van der Waals surface area (Å²) in [5.41, 5.74) is 7.42. The van der Waals surface area contributed by atoms with Crippen LogP contribution in [0.4, 0.5) is 11.4 Å². The molecule has 1 heterocycles. The number of nitrogens with two attached hydrogens (primary N) is 1. The molecule has 0 bridgehead atoms. The minimum Gasteiger partial charge on any atom is -0.484 e. The summed E-state index contributed by atoms with van der Waals surface area (Å²) in [6, 6.07) is 14.3. The number of nitro groups is 1. The highest BCUT2D eigenvalue weighted by Crippen LogP contribution is 2.43. The number of carbonyl (C=O) groups excluding carboxylic acids is 2. The molecule has 2 aromatic carbocycles. The zero-order valence-corrected chi connectivity index (χ0v) is 17.9. The largest absolute Gasteiger partial charge is 0.484 e. The lowest BCUT2D eigenvalue weighted by Gasteiger charge is -2.31. The third-order valence-corrected chi connectivity index (χ3v) is 5.53. The van der Waals surface area contributed by atoms with Gasteiger partial charge in [-0.2, -0.15) is 5.26 Å². The van der Waals surface area contributed by atoms with Gasteiger partial charge in [-0.05, 0) is 30.2 Å². The summed E-state index contributed by atoms with van der Waals surface area (Å²) in [5.74, 6) is -0.267. The first kappa shape index (κ1) is 22.5. The fraction of sp³-hybridized carbons (Fsp3) is 0.208. The first-order valence-corrected chi connectivity index (χ1v) is 10.5. The summed E-state index contributed by atoms with van der Waals surface area (Å²) in [7, 11) is 0. The molecule has 0 spiro atoms. The Balaban J connectivity index is 1.46. The molecule has 172 valence electrons. The van der Waals surface area contributed by atoms with Gasteiger partial charge in [0.1, 0.15) is 23.2 Å². The van der Waals surface area contributed by atoms with Gasteiger partial charge in [0, 0.05) is 36.2 Å². The number of ether oxygens (including phenoxy) is 2. The van der Waals surface area contributed by atoms with Crippen LogP contribution in [0.15, 0.2) is 71.3 Å². The number of anilines is 1. The summed E-state index contributed by atoms with van der Waals surface area (Å²) >= 11 is 0. The summed E-state index contributed by atoms with van der Waals surface area (Å²) in [4.78, 5) is 35.1. The lowest BCUT2D eigenvalue weighted by molar-refractivity contribution is -0.384. The highest BCUT2D eigenvalue weighted by atomic mass is 16.6. The Bertz CT molecular complexity index is 1270. The number of ketones is 1. The van der Waals surface area contributed by atoms with E-state index >= 15 is 0 Å². The fourth-order valence-corrected chi connectivity index (χ4v) is 3.99. The molecule has 1 aliphatic carbocycles. The number of nitrogens with zero attached hydrogens (tertiary/aromatic N) is 2. The third kappa shape index (κ3) is 4.59. The molecule has 3 N–H and O–H groups in total. The van der Waals surface area contributed by atoms with Gasteiger partial charge >= 0.3 is 0 Å². The van der Waals surface area contributed by atoms with Crippen molar-refractivity contribution in [3.8, 4) is 11.8 Å². The predicted molar refractivity (Wildman–Crippen MR) is 120 cm³/mol. The summed E-state index contributed by atoms with van der Waals surface area (Å²) < 4.78 is 11.1. The van der Waals surface area contributed by atoms with Crippen molar-refractivity contribution in [2.75, 3.05) is 11.9 Å². The molecule has 0 saturated carbocycles. The Morgan fingerprint density at radius 3 is 2.74 bits per heavy atom. The van der Waals surface area contributed by atoms with Gasteiger partial charge in [-0.1, -0.05) is 18.2 Å². The Morgan fingerprint density at radius 2 is 2.03 bits per heavy atom. The minimum atomic E-state index is -0.618. The maximum atomic E-state index is 12.6. The maximum absolute atomic E-state index is 12.6. The first-order valence-electron chi connectivity index (χ1n) is 10.5. The molecule has 0 radical (unpaired) electrons. The van der Waals surface area contributed by atoms with Gasteiger partial charge in [0.15, 0.2) is 12.4 Å². The van der Waals surface area contributed by atoms with Gasteiger partial charge in [0.2, 0.25) is 5.88 Å². The molecule has 10 heteroatoms. The number of rotatable bonds is 6. The van der Waals surface area contributed by atoms with Crippen LogP contribution < -0.4 is 15.8 Å². The lowest BCUT2D eigenvalue weighted by atomic mass is 9.77. The van der Waals surface area contributed by atoms with Crippen molar-refractivity contribution in [2.24, 2.45) is 5.73 Å². The highest BCUT2D eigenvalue weighted by Gasteiger charge is 2.37. The van der Waals surface area contributed by atoms with Crippen molar-refractivity contribution in [3.05, 3.63) is 87.0 Å². The third-order valence-electron chi connectivity index (χ3n) is 5.53. The van der Waals surface area contributed by atoms with Crippen molar-refractivity contribution in [3.63, 3.8) is 0 Å². The number of non-ortho nitro benzene ring substituents is 1. The Labute approximate surface area is 194 Å². The molecule has 2 aliphatic rings. The molecule has 1 aliphatic heterocycles. The predicted octanol–water partition coefficient (Wildman–Crippen LogP) is 3.43. The molecule has 34 heavy (non-hydrogen) atoms. The van der Waals surface area contributed by atoms with Crippen LogP contribution in [0.2, 0.25) is 0 Å². The van der Waals surface area contributed by atoms with Gasteiger partial charge < -0.3 is 20.5 Å². The van der Waals surface area contributed by atoms with E-state index in [0.29, 0.717) is 41.9 Å². The monoisotopic (exact) mass is 460 g/mol. The quantitative estimate of drug-likeness (QED) is 0.490. The molecule has 0 aromatic heterocycles. The van der Waals surface area contributed by atoms with Gasteiger partial charge in [0.05, 0.1) is 10.8 Å². The number of nitriles is 1. The molecule has 1 amide bonds. The normalized spacial score (nSPS) is 17.4. The Hall–Kier alpha value is -4.65. The lowest BCUT2D eigenvalue weighted by Crippen LogP contribution is -2.27. The molecule has 0 unspecified atom stereocenters. The van der Waals surface area contributed by atoms with E-state index in [9.17, 15) is 25.0 Å². The van der Waals surface area contributed by atoms with E-state index in [1.807, 2.05) is 0 Å². The second kappa shape index (κ2) is 9.46. The van der Waals surface area contributed by atoms with Gasteiger partial charge in [-0.25, -0.2) is 0 Å². The number of nitro benzene ring substituents is 1. The van der Waals surface area contributed by atoms with Crippen molar-refractivity contribution in [1.82, 2.24) is 0 Å². The van der Waals surface area contributed by atoms with E-state index < -0.39 is 16.7 Å². The Morgan fingerprint density at radius 1 is 1.26 bits per heavy atom. The van der Waals surface area contributed by atoms with E-state index in [2.05, 4.69) is 11.4 Å². The van der Waals surface area contributed by atoms with Crippen LogP contribution in [0.1, 0.15) is 30.7 Å². The fourth-order valence-electron chi connectivity index (χ4n) is 3.99. The van der Waals surface area contributed by atoms with Gasteiger partial charge in [0.25, 0.3) is 11.6 Å². The van der Waals surface area contributed by atoms with Gasteiger partial charge in [-0.15, -0.1) is 0 Å². The second-order valence-electron chi connectivity index (χ2n) is 7.75. The number of amides is 1.